The molecule has 0 bridgehead atoms. The number of carbonyl (C=O) groups is 1. The van der Waals surface area contributed by atoms with Crippen LogP contribution in [0.3, 0.4) is 0 Å². The van der Waals surface area contributed by atoms with Gasteiger partial charge in [0.05, 0.1) is 12.2 Å². The first kappa shape index (κ1) is 17.1. The van der Waals surface area contributed by atoms with Gasteiger partial charge in [0, 0.05) is 18.2 Å². The Morgan fingerprint density at radius 2 is 2.08 bits per heavy atom. The lowest BCUT2D eigenvalue weighted by molar-refractivity contribution is -0.0522. The van der Waals surface area contributed by atoms with Gasteiger partial charge in [0.1, 0.15) is 18.4 Å². The van der Waals surface area contributed by atoms with Crippen LogP contribution in [-0.4, -0.2) is 39.4 Å². The number of hydrogen-bond acceptors (Lipinski definition) is 6. The van der Waals surface area contributed by atoms with E-state index < -0.39 is 35.7 Å². The van der Waals surface area contributed by atoms with E-state index in [0.717, 1.165) is 0 Å². The molecule has 0 aliphatic carbocycles. The van der Waals surface area contributed by atoms with Crippen molar-refractivity contribution in [2.45, 2.75) is 31.8 Å². The van der Waals surface area contributed by atoms with E-state index in [0.29, 0.717) is 11.1 Å². The number of benzene rings is 1. The van der Waals surface area contributed by atoms with Crippen LogP contribution < -0.4 is 11.2 Å². The molecular weight excluding hydrogens is 328 g/mol. The molecule has 132 valence electrons. The number of aryl methyl sites for hydroxylation is 1. The molecule has 1 aliphatic heterocycles. The molecule has 2 aromatic rings. The third kappa shape index (κ3) is 3.54. The van der Waals surface area contributed by atoms with Crippen molar-refractivity contribution >= 4 is 5.97 Å². The first-order valence-electron chi connectivity index (χ1n) is 7.84. The van der Waals surface area contributed by atoms with Crippen LogP contribution in [0.15, 0.2) is 46.1 Å². The van der Waals surface area contributed by atoms with Crippen LogP contribution in [0.1, 0.15) is 28.6 Å². The molecular formula is C17H18N2O6. The monoisotopic (exact) mass is 346 g/mol. The smallest absolute Gasteiger partial charge is 0.338 e. The van der Waals surface area contributed by atoms with Crippen LogP contribution in [0.5, 0.6) is 0 Å². The average molecular weight is 346 g/mol. The highest BCUT2D eigenvalue weighted by Crippen LogP contribution is 2.30. The molecule has 1 aromatic heterocycles. The van der Waals surface area contributed by atoms with Crippen molar-refractivity contribution in [3.8, 4) is 0 Å². The molecule has 1 aliphatic rings. The van der Waals surface area contributed by atoms with Gasteiger partial charge in [-0.15, -0.1) is 0 Å². The minimum Gasteiger partial charge on any atom is -0.456 e. The Hall–Kier alpha value is -2.71. The van der Waals surface area contributed by atoms with Gasteiger partial charge in [-0.25, -0.2) is 9.59 Å². The summed E-state index contributed by atoms with van der Waals surface area (Å²) in [5, 5.41) is 9.49. The maximum atomic E-state index is 12.2. The van der Waals surface area contributed by atoms with Crippen molar-refractivity contribution in [3.63, 3.8) is 0 Å². The van der Waals surface area contributed by atoms with E-state index >= 15 is 0 Å². The quantitative estimate of drug-likeness (QED) is 0.773. The number of H-pyrrole nitrogens is 1. The van der Waals surface area contributed by atoms with E-state index in [9.17, 15) is 19.5 Å². The van der Waals surface area contributed by atoms with Gasteiger partial charge < -0.3 is 14.6 Å². The molecule has 1 fully saturated rings. The van der Waals surface area contributed by atoms with Crippen LogP contribution >= 0.6 is 0 Å². The summed E-state index contributed by atoms with van der Waals surface area (Å²) < 4.78 is 12.3. The summed E-state index contributed by atoms with van der Waals surface area (Å²) in [4.78, 5) is 37.9. The SMILES string of the molecule is Cc1cn([C@H]2C[C@@H](OC(=O)c3ccccc3)[C@@H](CO)O2)c(=O)[nH]c1=O. The van der Waals surface area contributed by atoms with Crippen molar-refractivity contribution in [2.24, 2.45) is 0 Å². The number of aliphatic hydroxyl groups excluding tert-OH is 1. The third-order valence-corrected chi connectivity index (χ3v) is 4.08. The van der Waals surface area contributed by atoms with E-state index in [1.165, 1.54) is 10.8 Å². The summed E-state index contributed by atoms with van der Waals surface area (Å²) >= 11 is 0. The molecule has 8 nitrogen and oxygen atoms in total. The lowest BCUT2D eigenvalue weighted by Gasteiger charge is -2.16. The number of aromatic nitrogens is 2. The highest BCUT2D eigenvalue weighted by molar-refractivity contribution is 5.89. The van der Waals surface area contributed by atoms with E-state index in [4.69, 9.17) is 9.47 Å². The number of carbonyl (C=O) groups excluding carboxylic acids is 1. The van der Waals surface area contributed by atoms with Gasteiger partial charge in [0.25, 0.3) is 5.56 Å². The second-order valence-electron chi connectivity index (χ2n) is 5.84. The Kier molecular flexibility index (Phi) is 4.82. The van der Waals surface area contributed by atoms with Crippen LogP contribution in [-0.2, 0) is 9.47 Å². The maximum Gasteiger partial charge on any atom is 0.338 e. The molecule has 0 radical (unpaired) electrons. The van der Waals surface area contributed by atoms with Crippen molar-refractivity contribution in [1.29, 1.82) is 0 Å². The fourth-order valence-electron chi connectivity index (χ4n) is 2.74. The zero-order chi connectivity index (χ0) is 18.0. The Morgan fingerprint density at radius 1 is 1.36 bits per heavy atom. The summed E-state index contributed by atoms with van der Waals surface area (Å²) in [7, 11) is 0. The largest absolute Gasteiger partial charge is 0.456 e. The molecule has 0 spiro atoms. The number of nitrogens with zero attached hydrogens (tertiary/aromatic N) is 1. The molecule has 1 aromatic carbocycles. The minimum atomic E-state index is -0.753. The second-order valence-corrected chi connectivity index (χ2v) is 5.84. The molecule has 8 heteroatoms. The number of aromatic amines is 1. The molecule has 0 unspecified atom stereocenters. The Morgan fingerprint density at radius 3 is 2.76 bits per heavy atom. The zero-order valence-electron chi connectivity index (χ0n) is 13.5. The van der Waals surface area contributed by atoms with E-state index in [-0.39, 0.29) is 13.0 Å². The summed E-state index contributed by atoms with van der Waals surface area (Å²) in [5.41, 5.74) is -0.342. The standard InChI is InChI=1S/C17H18N2O6/c1-10-8-19(17(23)18-15(10)21)14-7-12(13(9-20)24-14)25-16(22)11-5-3-2-4-6-11/h2-6,8,12-14,20H,7,9H2,1H3,(H,18,21,23)/t12-,13-,14-/m1/s1. The van der Waals surface area contributed by atoms with Gasteiger partial charge >= 0.3 is 11.7 Å². The van der Waals surface area contributed by atoms with Crippen LogP contribution in [0.4, 0.5) is 0 Å². The zero-order valence-corrected chi connectivity index (χ0v) is 13.5. The minimum absolute atomic E-state index is 0.190. The van der Waals surface area contributed by atoms with Gasteiger partial charge in [-0.05, 0) is 19.1 Å². The molecule has 3 atom stereocenters. The lowest BCUT2D eigenvalue weighted by atomic mass is 10.1. The molecule has 3 rings (SSSR count). The molecule has 0 saturated carbocycles. The van der Waals surface area contributed by atoms with Crippen molar-refractivity contribution in [2.75, 3.05) is 6.61 Å². The van der Waals surface area contributed by atoms with Crippen LogP contribution in [0.25, 0.3) is 0 Å². The van der Waals surface area contributed by atoms with Gasteiger partial charge in [0.2, 0.25) is 0 Å². The molecule has 0 amide bonds. The maximum absolute atomic E-state index is 12.2. The predicted octanol–water partition coefficient (Wildman–Crippen LogP) is 0.350. The number of rotatable bonds is 4. The average Bonchev–Trinajstić information content (AvgIpc) is 3.01. The lowest BCUT2D eigenvalue weighted by Crippen LogP contribution is -2.33. The van der Waals surface area contributed by atoms with E-state index in [2.05, 4.69) is 4.98 Å². The molecule has 2 heterocycles. The van der Waals surface area contributed by atoms with Crippen LogP contribution in [0.2, 0.25) is 0 Å². The molecule has 25 heavy (non-hydrogen) atoms. The first-order valence-corrected chi connectivity index (χ1v) is 7.84. The van der Waals surface area contributed by atoms with Gasteiger partial charge in [-0.1, -0.05) is 18.2 Å². The Bertz CT molecular complexity index is 873. The number of hydrogen-bond donors (Lipinski definition) is 2. The van der Waals surface area contributed by atoms with Gasteiger partial charge in [0.15, 0.2) is 0 Å². The third-order valence-electron chi connectivity index (χ3n) is 4.08. The summed E-state index contributed by atoms with van der Waals surface area (Å²) in [5.74, 6) is -0.529. The number of ether oxygens (including phenoxy) is 2. The van der Waals surface area contributed by atoms with Crippen molar-refractivity contribution < 1.29 is 19.4 Å². The summed E-state index contributed by atoms with van der Waals surface area (Å²) in [6, 6.07) is 8.47. The second kappa shape index (κ2) is 7.04. The normalized spacial score (nSPS) is 22.7. The predicted molar refractivity (Wildman–Crippen MR) is 87.3 cm³/mol. The highest BCUT2D eigenvalue weighted by atomic mass is 16.6. The number of esters is 1. The van der Waals surface area contributed by atoms with Gasteiger partial charge in [-0.3, -0.25) is 14.3 Å². The molecule has 2 N–H and O–H groups in total. The van der Waals surface area contributed by atoms with E-state index in [1.54, 1.807) is 37.3 Å². The first-order chi connectivity index (χ1) is 12.0. The van der Waals surface area contributed by atoms with E-state index in [1.807, 2.05) is 0 Å². The summed E-state index contributed by atoms with van der Waals surface area (Å²) in [6.45, 7) is 1.21. The Labute approximate surface area is 142 Å². The number of nitrogens with one attached hydrogen (secondary N) is 1. The fourth-order valence-corrected chi connectivity index (χ4v) is 2.74. The van der Waals surface area contributed by atoms with Gasteiger partial charge in [-0.2, -0.15) is 0 Å². The number of aliphatic hydroxyl groups is 1. The fraction of sp³-hybridized carbons (Fsp3) is 0.353. The Balaban J connectivity index is 1.79. The summed E-state index contributed by atoms with van der Waals surface area (Å²) in [6.07, 6.45) is -0.621. The van der Waals surface area contributed by atoms with Crippen molar-refractivity contribution in [1.82, 2.24) is 9.55 Å². The van der Waals surface area contributed by atoms with Crippen LogP contribution in [0, 0.1) is 6.92 Å². The van der Waals surface area contributed by atoms with Crippen molar-refractivity contribution in [3.05, 3.63) is 68.5 Å². The molecule has 1 saturated heterocycles. The topological polar surface area (TPSA) is 111 Å². The highest BCUT2D eigenvalue weighted by Gasteiger charge is 2.39.